The third kappa shape index (κ3) is 2.36. The first-order valence-electron chi connectivity index (χ1n) is 5.27. The minimum absolute atomic E-state index is 0.329. The molecule has 1 saturated heterocycles. The van der Waals surface area contributed by atoms with Crippen LogP contribution in [0.25, 0.3) is 0 Å². The van der Waals surface area contributed by atoms with Crippen LogP contribution in [0, 0.1) is 11.6 Å². The standard InChI is InChI=1S/C11H12F2N2O2/c12-7-5-8(10(16)9(13)6-7)11(17)15-3-1-14-2-4-15/h5-6,14,16H,1-4H2. The number of phenols is 1. The summed E-state index contributed by atoms with van der Waals surface area (Å²) in [6, 6.07) is 1.40. The molecule has 0 aromatic heterocycles. The van der Waals surface area contributed by atoms with E-state index in [2.05, 4.69) is 5.32 Å². The molecule has 1 aromatic rings. The summed E-state index contributed by atoms with van der Waals surface area (Å²) < 4.78 is 26.1. The molecular formula is C11H12F2N2O2. The second-order valence-corrected chi connectivity index (χ2v) is 3.83. The van der Waals surface area contributed by atoms with E-state index in [0.29, 0.717) is 32.2 Å². The number of carbonyl (C=O) groups excluding carboxylic acids is 1. The van der Waals surface area contributed by atoms with Gasteiger partial charge in [-0.3, -0.25) is 4.79 Å². The Labute approximate surface area is 96.8 Å². The van der Waals surface area contributed by atoms with Gasteiger partial charge in [0.15, 0.2) is 11.6 Å². The molecule has 1 fully saturated rings. The molecule has 4 nitrogen and oxygen atoms in total. The number of amides is 1. The monoisotopic (exact) mass is 242 g/mol. The molecule has 0 aliphatic carbocycles. The Balaban J connectivity index is 2.29. The molecule has 0 unspecified atom stereocenters. The van der Waals surface area contributed by atoms with E-state index in [1.54, 1.807) is 0 Å². The first kappa shape index (κ1) is 11.8. The normalized spacial score (nSPS) is 16.0. The van der Waals surface area contributed by atoms with Gasteiger partial charge in [-0.1, -0.05) is 0 Å². The van der Waals surface area contributed by atoms with Crippen molar-refractivity contribution in [3.8, 4) is 5.75 Å². The van der Waals surface area contributed by atoms with Crippen LogP contribution < -0.4 is 5.32 Å². The van der Waals surface area contributed by atoms with E-state index in [1.165, 1.54) is 4.90 Å². The molecule has 6 heteroatoms. The van der Waals surface area contributed by atoms with Crippen molar-refractivity contribution in [1.29, 1.82) is 0 Å². The smallest absolute Gasteiger partial charge is 0.257 e. The van der Waals surface area contributed by atoms with Crippen molar-refractivity contribution in [3.63, 3.8) is 0 Å². The van der Waals surface area contributed by atoms with Crippen LogP contribution in [-0.2, 0) is 0 Å². The number of nitrogens with one attached hydrogen (secondary N) is 1. The average Bonchev–Trinajstić information content (AvgIpc) is 2.34. The second kappa shape index (κ2) is 4.67. The summed E-state index contributed by atoms with van der Waals surface area (Å²) in [7, 11) is 0. The summed E-state index contributed by atoms with van der Waals surface area (Å²) in [6.07, 6.45) is 0. The zero-order valence-electron chi connectivity index (χ0n) is 9.04. The topological polar surface area (TPSA) is 52.6 Å². The number of hydrogen-bond acceptors (Lipinski definition) is 3. The molecule has 1 aromatic carbocycles. The molecule has 92 valence electrons. The summed E-state index contributed by atoms with van der Waals surface area (Å²) in [5.74, 6) is -3.35. The van der Waals surface area contributed by atoms with Crippen molar-refractivity contribution in [2.24, 2.45) is 0 Å². The third-order valence-electron chi connectivity index (χ3n) is 2.66. The predicted octanol–water partition coefficient (Wildman–Crippen LogP) is 0.716. The fourth-order valence-corrected chi connectivity index (χ4v) is 1.77. The van der Waals surface area contributed by atoms with E-state index < -0.39 is 23.3 Å². The number of hydrogen-bond donors (Lipinski definition) is 2. The maximum absolute atomic E-state index is 13.1. The van der Waals surface area contributed by atoms with Crippen LogP contribution in [0.2, 0.25) is 0 Å². The Morgan fingerprint density at radius 3 is 2.59 bits per heavy atom. The molecule has 0 bridgehead atoms. The Morgan fingerprint density at radius 2 is 1.94 bits per heavy atom. The minimum Gasteiger partial charge on any atom is -0.504 e. The lowest BCUT2D eigenvalue weighted by molar-refractivity contribution is 0.0731. The van der Waals surface area contributed by atoms with Gasteiger partial charge >= 0.3 is 0 Å². The molecule has 0 atom stereocenters. The number of nitrogens with zero attached hydrogens (tertiary/aromatic N) is 1. The van der Waals surface area contributed by atoms with Crippen LogP contribution in [-0.4, -0.2) is 42.1 Å². The highest BCUT2D eigenvalue weighted by Gasteiger charge is 2.23. The lowest BCUT2D eigenvalue weighted by atomic mass is 10.1. The third-order valence-corrected chi connectivity index (χ3v) is 2.66. The maximum atomic E-state index is 13.1. The summed E-state index contributed by atoms with van der Waals surface area (Å²) in [5.41, 5.74) is -0.329. The van der Waals surface area contributed by atoms with Gasteiger partial charge in [-0.25, -0.2) is 8.78 Å². The van der Waals surface area contributed by atoms with Gasteiger partial charge in [0, 0.05) is 32.2 Å². The van der Waals surface area contributed by atoms with Crippen molar-refractivity contribution < 1.29 is 18.7 Å². The fourth-order valence-electron chi connectivity index (χ4n) is 1.77. The van der Waals surface area contributed by atoms with Gasteiger partial charge in [-0.05, 0) is 6.07 Å². The zero-order valence-corrected chi connectivity index (χ0v) is 9.04. The van der Waals surface area contributed by atoms with Gasteiger partial charge in [0.25, 0.3) is 5.91 Å². The number of piperazine rings is 1. The first-order chi connectivity index (χ1) is 8.09. The average molecular weight is 242 g/mol. The van der Waals surface area contributed by atoms with Crippen molar-refractivity contribution in [3.05, 3.63) is 29.3 Å². The highest BCUT2D eigenvalue weighted by atomic mass is 19.1. The number of rotatable bonds is 1. The number of aromatic hydroxyl groups is 1. The lowest BCUT2D eigenvalue weighted by Gasteiger charge is -2.27. The summed E-state index contributed by atoms with van der Waals surface area (Å²) in [5, 5.41) is 12.5. The van der Waals surface area contributed by atoms with Crippen LogP contribution in [0.4, 0.5) is 8.78 Å². The van der Waals surface area contributed by atoms with Gasteiger partial charge in [0.2, 0.25) is 0 Å². The number of benzene rings is 1. The van der Waals surface area contributed by atoms with Crippen molar-refractivity contribution in [2.75, 3.05) is 26.2 Å². The van der Waals surface area contributed by atoms with Gasteiger partial charge in [0.1, 0.15) is 5.82 Å². The van der Waals surface area contributed by atoms with E-state index >= 15 is 0 Å². The van der Waals surface area contributed by atoms with Crippen LogP contribution in [0.3, 0.4) is 0 Å². The summed E-state index contributed by atoms with van der Waals surface area (Å²) in [4.78, 5) is 13.4. The van der Waals surface area contributed by atoms with Gasteiger partial charge in [-0.2, -0.15) is 0 Å². The Kier molecular flexibility index (Phi) is 3.23. The molecule has 1 aliphatic rings. The van der Waals surface area contributed by atoms with Gasteiger partial charge in [-0.15, -0.1) is 0 Å². The SMILES string of the molecule is O=C(c1cc(F)cc(F)c1O)N1CCNCC1. The van der Waals surface area contributed by atoms with Crippen LogP contribution in [0.5, 0.6) is 5.75 Å². The zero-order chi connectivity index (χ0) is 12.4. The number of carbonyl (C=O) groups is 1. The van der Waals surface area contributed by atoms with Crippen molar-refractivity contribution >= 4 is 5.91 Å². The molecule has 0 radical (unpaired) electrons. The molecule has 1 heterocycles. The number of halogens is 2. The largest absolute Gasteiger partial charge is 0.504 e. The highest BCUT2D eigenvalue weighted by Crippen LogP contribution is 2.24. The first-order valence-corrected chi connectivity index (χ1v) is 5.27. The second-order valence-electron chi connectivity index (χ2n) is 3.83. The predicted molar refractivity (Wildman–Crippen MR) is 56.8 cm³/mol. The van der Waals surface area contributed by atoms with E-state index in [0.717, 1.165) is 6.07 Å². The minimum atomic E-state index is -1.12. The summed E-state index contributed by atoms with van der Waals surface area (Å²) in [6.45, 7) is 2.17. The molecule has 1 amide bonds. The lowest BCUT2D eigenvalue weighted by Crippen LogP contribution is -2.46. The highest BCUT2D eigenvalue weighted by molar-refractivity contribution is 5.97. The van der Waals surface area contributed by atoms with E-state index in [1.807, 2.05) is 0 Å². The number of phenolic OH excluding ortho intramolecular Hbond substituents is 1. The molecule has 0 spiro atoms. The van der Waals surface area contributed by atoms with Gasteiger partial charge in [0.05, 0.1) is 5.56 Å². The van der Waals surface area contributed by atoms with E-state index in [-0.39, 0.29) is 5.56 Å². The maximum Gasteiger partial charge on any atom is 0.257 e. The molecule has 1 aliphatic heterocycles. The Morgan fingerprint density at radius 1 is 1.29 bits per heavy atom. The Hall–Kier alpha value is -1.69. The molecular weight excluding hydrogens is 230 g/mol. The van der Waals surface area contributed by atoms with Crippen molar-refractivity contribution in [2.45, 2.75) is 0 Å². The molecule has 0 saturated carbocycles. The van der Waals surface area contributed by atoms with E-state index in [4.69, 9.17) is 0 Å². The molecule has 2 rings (SSSR count). The van der Waals surface area contributed by atoms with Crippen molar-refractivity contribution in [1.82, 2.24) is 10.2 Å². The molecule has 2 N–H and O–H groups in total. The summed E-state index contributed by atoms with van der Waals surface area (Å²) >= 11 is 0. The van der Waals surface area contributed by atoms with Gasteiger partial charge < -0.3 is 15.3 Å². The quantitative estimate of drug-likeness (QED) is 0.762. The molecule has 17 heavy (non-hydrogen) atoms. The van der Waals surface area contributed by atoms with Crippen LogP contribution >= 0.6 is 0 Å². The Bertz CT molecular complexity index is 445. The van der Waals surface area contributed by atoms with Crippen LogP contribution in [0.1, 0.15) is 10.4 Å². The van der Waals surface area contributed by atoms with E-state index in [9.17, 15) is 18.7 Å². The van der Waals surface area contributed by atoms with Crippen LogP contribution in [0.15, 0.2) is 12.1 Å². The fraction of sp³-hybridized carbons (Fsp3) is 0.364.